The van der Waals surface area contributed by atoms with E-state index in [1.807, 2.05) is 29.1 Å². The SMILES string of the molecule is CNCC(O)COc1cc(OC)cc(-c2cc(N3[C@@H]4CC[C@@H]3COC4)c3cnn(C(C)C)c3n2)c1. The molecule has 0 aliphatic carbocycles. The van der Waals surface area contributed by atoms with Crippen LogP contribution in [0.15, 0.2) is 30.5 Å². The van der Waals surface area contributed by atoms with Crippen LogP contribution < -0.4 is 19.7 Å². The second-order valence-electron chi connectivity index (χ2n) is 9.70. The molecule has 188 valence electrons. The largest absolute Gasteiger partial charge is 0.497 e. The predicted molar refractivity (Wildman–Crippen MR) is 135 cm³/mol. The Morgan fingerprint density at radius 2 is 1.89 bits per heavy atom. The normalized spacial score (nSPS) is 20.6. The Bertz CT molecular complexity index is 1160. The Kier molecular flexibility index (Phi) is 6.82. The molecular weight excluding hydrogens is 446 g/mol. The average molecular weight is 482 g/mol. The van der Waals surface area contributed by atoms with Gasteiger partial charge in [-0.15, -0.1) is 0 Å². The molecule has 9 heteroatoms. The monoisotopic (exact) mass is 481 g/mol. The van der Waals surface area contributed by atoms with Crippen LogP contribution >= 0.6 is 0 Å². The molecule has 5 rings (SSSR count). The molecule has 0 spiro atoms. The van der Waals surface area contributed by atoms with Gasteiger partial charge in [-0.05, 0) is 51.9 Å². The number of aromatic nitrogens is 3. The molecule has 0 saturated carbocycles. The number of benzene rings is 1. The molecular formula is C26H35N5O4. The van der Waals surface area contributed by atoms with Gasteiger partial charge >= 0.3 is 0 Å². The minimum absolute atomic E-state index is 0.183. The summed E-state index contributed by atoms with van der Waals surface area (Å²) in [5.41, 5.74) is 3.75. The van der Waals surface area contributed by atoms with E-state index in [2.05, 4.69) is 35.2 Å². The summed E-state index contributed by atoms with van der Waals surface area (Å²) < 4.78 is 19.3. The maximum absolute atomic E-state index is 10.1. The Morgan fingerprint density at radius 1 is 1.14 bits per heavy atom. The molecule has 2 fully saturated rings. The van der Waals surface area contributed by atoms with Crippen LogP contribution in [0.25, 0.3) is 22.3 Å². The van der Waals surface area contributed by atoms with Gasteiger partial charge in [-0.2, -0.15) is 5.10 Å². The number of hydrogen-bond donors (Lipinski definition) is 2. The van der Waals surface area contributed by atoms with Crippen LogP contribution in [0.1, 0.15) is 32.7 Å². The number of anilines is 1. The third-order valence-corrected chi connectivity index (χ3v) is 6.85. The van der Waals surface area contributed by atoms with Gasteiger partial charge in [-0.1, -0.05) is 0 Å². The number of morpholine rings is 1. The van der Waals surface area contributed by atoms with Crippen molar-refractivity contribution in [3.63, 3.8) is 0 Å². The van der Waals surface area contributed by atoms with Crippen LogP contribution in [0.4, 0.5) is 5.69 Å². The minimum atomic E-state index is -0.604. The predicted octanol–water partition coefficient (Wildman–Crippen LogP) is 3.01. The van der Waals surface area contributed by atoms with E-state index >= 15 is 0 Å². The molecule has 1 unspecified atom stereocenters. The molecule has 2 aliphatic rings. The van der Waals surface area contributed by atoms with Crippen molar-refractivity contribution < 1.29 is 19.3 Å². The maximum atomic E-state index is 10.1. The van der Waals surface area contributed by atoms with Gasteiger partial charge in [0, 0.05) is 24.2 Å². The highest BCUT2D eigenvalue weighted by atomic mass is 16.5. The summed E-state index contributed by atoms with van der Waals surface area (Å²) in [5, 5.41) is 18.8. The minimum Gasteiger partial charge on any atom is -0.497 e. The number of methoxy groups -OCH3 is 1. The second-order valence-corrected chi connectivity index (χ2v) is 9.70. The summed E-state index contributed by atoms with van der Waals surface area (Å²) in [7, 11) is 3.44. The van der Waals surface area contributed by atoms with Crippen LogP contribution in [0.3, 0.4) is 0 Å². The van der Waals surface area contributed by atoms with E-state index in [1.54, 1.807) is 14.2 Å². The van der Waals surface area contributed by atoms with Crippen LogP contribution in [-0.2, 0) is 4.74 Å². The summed E-state index contributed by atoms with van der Waals surface area (Å²) in [6.07, 6.45) is 3.61. The highest BCUT2D eigenvalue weighted by Crippen LogP contribution is 2.40. The van der Waals surface area contributed by atoms with E-state index in [-0.39, 0.29) is 12.6 Å². The lowest BCUT2D eigenvalue weighted by molar-refractivity contribution is 0.0908. The number of aliphatic hydroxyl groups is 1. The summed E-state index contributed by atoms with van der Waals surface area (Å²) in [6, 6.07) is 8.84. The molecule has 3 atom stereocenters. The summed E-state index contributed by atoms with van der Waals surface area (Å²) in [4.78, 5) is 7.59. The Morgan fingerprint density at radius 3 is 2.57 bits per heavy atom. The number of pyridine rings is 1. The van der Waals surface area contributed by atoms with E-state index in [0.717, 1.165) is 54.0 Å². The molecule has 2 saturated heterocycles. The van der Waals surface area contributed by atoms with E-state index < -0.39 is 6.10 Å². The quantitative estimate of drug-likeness (QED) is 0.482. The molecule has 2 aromatic heterocycles. The average Bonchev–Trinajstić information content (AvgIpc) is 3.39. The van der Waals surface area contributed by atoms with Crippen LogP contribution in [0.2, 0.25) is 0 Å². The molecule has 35 heavy (non-hydrogen) atoms. The highest BCUT2D eigenvalue weighted by molar-refractivity contribution is 5.93. The molecule has 2 N–H and O–H groups in total. The fourth-order valence-electron chi connectivity index (χ4n) is 5.17. The number of rotatable bonds is 9. The van der Waals surface area contributed by atoms with Gasteiger partial charge in [0.05, 0.1) is 55.4 Å². The van der Waals surface area contributed by atoms with Crippen molar-refractivity contribution in [2.45, 2.75) is 50.9 Å². The molecule has 0 radical (unpaired) electrons. The Hall–Kier alpha value is -2.88. The van der Waals surface area contributed by atoms with Crippen molar-refractivity contribution in [3.8, 4) is 22.8 Å². The first-order valence-electron chi connectivity index (χ1n) is 12.4. The number of nitrogens with one attached hydrogen (secondary N) is 1. The van der Waals surface area contributed by atoms with Crippen molar-refractivity contribution in [2.24, 2.45) is 0 Å². The van der Waals surface area contributed by atoms with E-state index in [9.17, 15) is 5.11 Å². The van der Waals surface area contributed by atoms with Gasteiger partial charge in [0.1, 0.15) is 24.2 Å². The van der Waals surface area contributed by atoms with Gasteiger partial charge in [0.25, 0.3) is 0 Å². The topological polar surface area (TPSA) is 93.9 Å². The number of nitrogens with zero attached hydrogens (tertiary/aromatic N) is 4. The van der Waals surface area contributed by atoms with Crippen molar-refractivity contribution in [1.82, 2.24) is 20.1 Å². The lowest BCUT2D eigenvalue weighted by atomic mass is 10.1. The zero-order chi connectivity index (χ0) is 24.5. The van der Waals surface area contributed by atoms with Crippen LogP contribution in [0.5, 0.6) is 11.5 Å². The number of likely N-dealkylation sites (N-methyl/N-ethyl adjacent to an activating group) is 1. The lowest BCUT2D eigenvalue weighted by Crippen LogP contribution is -2.46. The molecule has 2 aliphatic heterocycles. The van der Waals surface area contributed by atoms with Crippen LogP contribution in [0, 0.1) is 0 Å². The zero-order valence-corrected chi connectivity index (χ0v) is 20.9. The van der Waals surface area contributed by atoms with E-state index in [4.69, 9.17) is 19.2 Å². The fraction of sp³-hybridized carbons (Fsp3) is 0.538. The summed E-state index contributed by atoms with van der Waals surface area (Å²) in [6.45, 7) is 6.38. The first-order chi connectivity index (χ1) is 17.0. The smallest absolute Gasteiger partial charge is 0.160 e. The van der Waals surface area contributed by atoms with E-state index in [0.29, 0.717) is 30.1 Å². The summed E-state index contributed by atoms with van der Waals surface area (Å²) >= 11 is 0. The third-order valence-electron chi connectivity index (χ3n) is 6.85. The molecule has 2 bridgehead atoms. The first kappa shape index (κ1) is 23.8. The van der Waals surface area contributed by atoms with Crippen molar-refractivity contribution in [3.05, 3.63) is 30.5 Å². The first-order valence-corrected chi connectivity index (χ1v) is 12.4. The molecule has 1 aromatic carbocycles. The standard InChI is InChI=1S/C26H35N5O4/c1-16(2)31-26-23(12-28-31)25(30-18-5-6-19(30)14-34-13-18)10-24(29-26)17-7-21(33-4)9-22(8-17)35-15-20(32)11-27-3/h7-10,12,16,18-20,27,32H,5-6,11,13-15H2,1-4H3/t18-,19-,20?/m1/s1. The van der Waals surface area contributed by atoms with Gasteiger partial charge in [0.2, 0.25) is 0 Å². The Labute approximate surface area is 206 Å². The van der Waals surface area contributed by atoms with E-state index in [1.165, 1.54) is 0 Å². The molecule has 4 heterocycles. The number of ether oxygens (including phenoxy) is 3. The molecule has 3 aromatic rings. The van der Waals surface area contributed by atoms with Gasteiger partial charge in [0.15, 0.2) is 5.65 Å². The number of hydrogen-bond acceptors (Lipinski definition) is 8. The van der Waals surface area contributed by atoms with Crippen molar-refractivity contribution in [2.75, 3.05) is 45.4 Å². The third kappa shape index (κ3) is 4.68. The highest BCUT2D eigenvalue weighted by Gasteiger charge is 2.38. The lowest BCUT2D eigenvalue weighted by Gasteiger charge is -2.37. The van der Waals surface area contributed by atoms with Crippen molar-refractivity contribution >= 4 is 16.7 Å². The van der Waals surface area contributed by atoms with Crippen LogP contribution in [-0.4, -0.2) is 78.6 Å². The number of aliphatic hydroxyl groups excluding tert-OH is 1. The summed E-state index contributed by atoms with van der Waals surface area (Å²) in [5.74, 6) is 1.30. The van der Waals surface area contributed by atoms with Gasteiger partial charge < -0.3 is 29.5 Å². The second kappa shape index (κ2) is 10.0. The Balaban J connectivity index is 1.60. The zero-order valence-electron chi connectivity index (χ0n) is 20.9. The maximum Gasteiger partial charge on any atom is 0.160 e. The molecule has 0 amide bonds. The van der Waals surface area contributed by atoms with Crippen molar-refractivity contribution in [1.29, 1.82) is 0 Å². The molecule has 9 nitrogen and oxygen atoms in total. The van der Waals surface area contributed by atoms with Gasteiger partial charge in [-0.25, -0.2) is 9.67 Å². The number of fused-ring (bicyclic) bond motifs is 3. The van der Waals surface area contributed by atoms with Gasteiger partial charge in [-0.3, -0.25) is 0 Å². The fourth-order valence-corrected chi connectivity index (χ4v) is 5.17.